The molecule has 0 bridgehead atoms. The summed E-state index contributed by atoms with van der Waals surface area (Å²) in [7, 11) is -4.00. The molecule has 0 saturated heterocycles. The van der Waals surface area contributed by atoms with Gasteiger partial charge >= 0.3 is 0 Å². The van der Waals surface area contributed by atoms with E-state index in [1.165, 1.54) is 18.2 Å². The lowest BCUT2D eigenvalue weighted by Gasteiger charge is -2.16. The van der Waals surface area contributed by atoms with Gasteiger partial charge < -0.3 is 5.32 Å². The van der Waals surface area contributed by atoms with Gasteiger partial charge in [0, 0.05) is 11.3 Å². The molecule has 32 heavy (non-hydrogen) atoms. The van der Waals surface area contributed by atoms with Gasteiger partial charge in [-0.1, -0.05) is 61.3 Å². The van der Waals surface area contributed by atoms with Crippen LogP contribution in [-0.4, -0.2) is 14.3 Å². The summed E-state index contributed by atoms with van der Waals surface area (Å²) in [5.74, 6) is -0.389. The Balaban J connectivity index is 1.94. The predicted molar refractivity (Wildman–Crippen MR) is 131 cm³/mol. The fourth-order valence-corrected chi connectivity index (χ4v) is 5.22. The number of rotatable bonds is 7. The molecule has 0 heterocycles. The summed E-state index contributed by atoms with van der Waals surface area (Å²) in [6.45, 7) is 7.81. The summed E-state index contributed by atoms with van der Waals surface area (Å²) >= 11 is 6.22. The number of amides is 1. The van der Waals surface area contributed by atoms with Gasteiger partial charge in [0.05, 0.1) is 10.7 Å². The Kier molecular flexibility index (Phi) is 7.26. The van der Waals surface area contributed by atoms with Crippen molar-refractivity contribution in [3.8, 4) is 0 Å². The topological polar surface area (TPSA) is 75.3 Å². The highest BCUT2D eigenvalue weighted by molar-refractivity contribution is 7.92. The standard InChI is InChI=1S/C25H27ClN2O3S/c1-5-18-8-7-9-19(6-2)24(18)27-25(29)20-11-12-21(26)23(15-20)32(30,31)28-22-13-10-16(3)14-17(22)4/h7-15,28H,5-6H2,1-4H3,(H,27,29). The average Bonchev–Trinajstić information content (AvgIpc) is 2.75. The Bertz CT molecular complexity index is 1250. The molecule has 0 spiro atoms. The van der Waals surface area contributed by atoms with Crippen molar-refractivity contribution in [2.75, 3.05) is 10.0 Å². The third-order valence-electron chi connectivity index (χ3n) is 5.35. The molecule has 3 aromatic rings. The number of para-hydroxylation sites is 1. The van der Waals surface area contributed by atoms with Gasteiger partial charge in [0.1, 0.15) is 4.90 Å². The van der Waals surface area contributed by atoms with Gasteiger partial charge in [-0.25, -0.2) is 8.42 Å². The smallest absolute Gasteiger partial charge is 0.263 e. The Hall–Kier alpha value is -2.83. The van der Waals surface area contributed by atoms with Gasteiger partial charge in [0.15, 0.2) is 0 Å². The molecule has 3 aromatic carbocycles. The molecule has 0 atom stereocenters. The number of nitrogens with one attached hydrogen (secondary N) is 2. The summed E-state index contributed by atoms with van der Waals surface area (Å²) in [5.41, 5.74) is 5.32. The zero-order chi connectivity index (χ0) is 23.5. The largest absolute Gasteiger partial charge is 0.321 e. The fourth-order valence-electron chi connectivity index (χ4n) is 3.57. The Morgan fingerprint density at radius 3 is 2.19 bits per heavy atom. The highest BCUT2D eigenvalue weighted by Gasteiger charge is 2.22. The molecule has 0 aliphatic carbocycles. The van der Waals surface area contributed by atoms with Gasteiger partial charge in [0.2, 0.25) is 0 Å². The van der Waals surface area contributed by atoms with Crippen LogP contribution in [0.2, 0.25) is 5.02 Å². The number of carbonyl (C=O) groups excluding carboxylic acids is 1. The van der Waals surface area contributed by atoms with Crippen LogP contribution in [0.4, 0.5) is 11.4 Å². The maximum atomic E-state index is 13.1. The lowest BCUT2D eigenvalue weighted by atomic mass is 10.0. The van der Waals surface area contributed by atoms with Crippen LogP contribution in [0.25, 0.3) is 0 Å². The fraction of sp³-hybridized carbons (Fsp3) is 0.240. The highest BCUT2D eigenvalue weighted by atomic mass is 35.5. The minimum atomic E-state index is -4.00. The van der Waals surface area contributed by atoms with E-state index in [2.05, 4.69) is 10.0 Å². The van der Waals surface area contributed by atoms with E-state index in [4.69, 9.17) is 11.6 Å². The van der Waals surface area contributed by atoms with Crippen molar-refractivity contribution in [1.29, 1.82) is 0 Å². The lowest BCUT2D eigenvalue weighted by Crippen LogP contribution is -2.18. The molecule has 168 valence electrons. The van der Waals surface area contributed by atoms with Crippen molar-refractivity contribution in [1.82, 2.24) is 0 Å². The number of aryl methyl sites for hydroxylation is 4. The molecular weight excluding hydrogens is 444 g/mol. The summed E-state index contributed by atoms with van der Waals surface area (Å²) in [5, 5.41) is 3.01. The second-order valence-electron chi connectivity index (χ2n) is 7.68. The van der Waals surface area contributed by atoms with Crippen molar-refractivity contribution >= 4 is 38.9 Å². The monoisotopic (exact) mass is 470 g/mol. The van der Waals surface area contributed by atoms with Crippen LogP contribution < -0.4 is 10.0 Å². The first kappa shape index (κ1) is 23.8. The van der Waals surface area contributed by atoms with E-state index in [1.807, 2.05) is 58.0 Å². The molecule has 0 saturated carbocycles. The first-order valence-electron chi connectivity index (χ1n) is 10.5. The van der Waals surface area contributed by atoms with Crippen molar-refractivity contribution in [2.45, 2.75) is 45.4 Å². The number of benzene rings is 3. The van der Waals surface area contributed by atoms with Crippen LogP contribution in [0.1, 0.15) is 46.5 Å². The normalized spacial score (nSPS) is 11.3. The third kappa shape index (κ3) is 5.14. The van der Waals surface area contributed by atoms with Crippen molar-refractivity contribution in [3.63, 3.8) is 0 Å². The first-order chi connectivity index (χ1) is 15.2. The summed E-state index contributed by atoms with van der Waals surface area (Å²) in [4.78, 5) is 12.9. The van der Waals surface area contributed by atoms with Crippen LogP contribution in [0, 0.1) is 13.8 Å². The second kappa shape index (κ2) is 9.76. The summed E-state index contributed by atoms with van der Waals surface area (Å²) in [6.07, 6.45) is 1.53. The van der Waals surface area contributed by atoms with Gasteiger partial charge in [-0.15, -0.1) is 0 Å². The molecule has 0 aliphatic rings. The molecule has 0 unspecified atom stereocenters. The maximum absolute atomic E-state index is 13.1. The van der Waals surface area contributed by atoms with Crippen LogP contribution in [-0.2, 0) is 22.9 Å². The zero-order valence-corrected chi connectivity index (χ0v) is 20.2. The van der Waals surface area contributed by atoms with Gasteiger partial charge in [-0.05, 0) is 67.6 Å². The molecule has 0 aliphatic heterocycles. The zero-order valence-electron chi connectivity index (χ0n) is 18.6. The molecule has 2 N–H and O–H groups in total. The Morgan fingerprint density at radius 2 is 1.59 bits per heavy atom. The minimum absolute atomic E-state index is 0.0435. The van der Waals surface area contributed by atoms with Crippen LogP contribution >= 0.6 is 11.6 Å². The number of anilines is 2. The molecule has 5 nitrogen and oxygen atoms in total. The molecule has 3 rings (SSSR count). The number of hydrogen-bond acceptors (Lipinski definition) is 3. The lowest BCUT2D eigenvalue weighted by molar-refractivity contribution is 0.102. The predicted octanol–water partition coefficient (Wildman–Crippen LogP) is 6.13. The van der Waals surface area contributed by atoms with E-state index in [1.54, 1.807) is 6.07 Å². The Morgan fingerprint density at radius 1 is 0.938 bits per heavy atom. The third-order valence-corrected chi connectivity index (χ3v) is 7.19. The van der Waals surface area contributed by atoms with Crippen LogP contribution in [0.5, 0.6) is 0 Å². The number of hydrogen-bond donors (Lipinski definition) is 2. The van der Waals surface area contributed by atoms with E-state index in [0.29, 0.717) is 5.69 Å². The molecular formula is C25H27ClN2O3S. The van der Waals surface area contributed by atoms with E-state index < -0.39 is 10.0 Å². The van der Waals surface area contributed by atoms with E-state index in [9.17, 15) is 13.2 Å². The van der Waals surface area contributed by atoms with Crippen LogP contribution in [0.3, 0.4) is 0 Å². The number of sulfonamides is 1. The summed E-state index contributed by atoms with van der Waals surface area (Å²) in [6, 6.07) is 15.6. The van der Waals surface area contributed by atoms with Crippen molar-refractivity contribution < 1.29 is 13.2 Å². The first-order valence-corrected chi connectivity index (χ1v) is 12.3. The van der Waals surface area contributed by atoms with Crippen molar-refractivity contribution in [3.05, 3.63) is 87.4 Å². The van der Waals surface area contributed by atoms with Gasteiger partial charge in [0.25, 0.3) is 15.9 Å². The van der Waals surface area contributed by atoms with Gasteiger partial charge in [-0.2, -0.15) is 0 Å². The van der Waals surface area contributed by atoms with Crippen molar-refractivity contribution in [2.24, 2.45) is 0 Å². The SMILES string of the molecule is CCc1cccc(CC)c1NC(=O)c1ccc(Cl)c(S(=O)(=O)Nc2ccc(C)cc2C)c1. The number of carbonyl (C=O) groups is 1. The molecule has 1 amide bonds. The summed E-state index contributed by atoms with van der Waals surface area (Å²) < 4.78 is 28.7. The maximum Gasteiger partial charge on any atom is 0.263 e. The van der Waals surface area contributed by atoms with E-state index in [0.717, 1.165) is 40.8 Å². The molecule has 0 fully saturated rings. The quantitative estimate of drug-likeness (QED) is 0.435. The van der Waals surface area contributed by atoms with E-state index >= 15 is 0 Å². The van der Waals surface area contributed by atoms with Crippen LogP contribution in [0.15, 0.2) is 59.5 Å². The highest BCUT2D eigenvalue weighted by Crippen LogP contribution is 2.28. The minimum Gasteiger partial charge on any atom is -0.321 e. The molecule has 0 radical (unpaired) electrons. The average molecular weight is 471 g/mol. The van der Waals surface area contributed by atoms with Gasteiger partial charge in [-0.3, -0.25) is 9.52 Å². The van der Waals surface area contributed by atoms with E-state index in [-0.39, 0.29) is 21.4 Å². The molecule has 7 heteroatoms. The second-order valence-corrected chi connectivity index (χ2v) is 9.74. The Labute approximate surface area is 194 Å². The number of halogens is 1. The molecule has 0 aromatic heterocycles.